The second-order valence-corrected chi connectivity index (χ2v) is 5.00. The van der Waals surface area contributed by atoms with E-state index in [1.165, 1.54) is 13.3 Å². The number of ether oxygens (including phenoxy) is 1. The average molecular weight is 286 g/mol. The number of aromatic hydroxyl groups is 1. The Labute approximate surface area is 118 Å². The van der Waals surface area contributed by atoms with E-state index >= 15 is 0 Å². The summed E-state index contributed by atoms with van der Waals surface area (Å²) in [5.41, 5.74) is 1.23. The van der Waals surface area contributed by atoms with E-state index < -0.39 is 5.97 Å². The lowest BCUT2D eigenvalue weighted by Gasteiger charge is -2.06. The number of methoxy groups -OCH3 is 1. The van der Waals surface area contributed by atoms with Gasteiger partial charge in [-0.3, -0.25) is 0 Å². The third-order valence-electron chi connectivity index (χ3n) is 2.87. The van der Waals surface area contributed by atoms with Crippen LogP contribution in [0.1, 0.15) is 10.5 Å². The quantitative estimate of drug-likeness (QED) is 0.733. The molecule has 0 aromatic carbocycles. The van der Waals surface area contributed by atoms with Crippen LogP contribution in [0.15, 0.2) is 35.8 Å². The molecule has 0 amide bonds. The molecular formula is C14H10N2O3S. The molecule has 0 atom stereocenters. The second-order valence-electron chi connectivity index (χ2n) is 4.05. The van der Waals surface area contributed by atoms with Crippen molar-refractivity contribution in [2.75, 3.05) is 7.11 Å². The van der Waals surface area contributed by atoms with Crippen LogP contribution >= 0.6 is 11.3 Å². The molecule has 0 bridgehead atoms. The first-order valence-corrected chi connectivity index (χ1v) is 6.69. The van der Waals surface area contributed by atoms with Crippen LogP contribution < -0.4 is 0 Å². The highest BCUT2D eigenvalue weighted by Gasteiger charge is 2.17. The van der Waals surface area contributed by atoms with Crippen LogP contribution in [0.2, 0.25) is 0 Å². The Bertz CT molecular complexity index is 784. The summed E-state index contributed by atoms with van der Waals surface area (Å²) >= 11 is 1.58. The van der Waals surface area contributed by atoms with Crippen LogP contribution in [-0.2, 0) is 4.74 Å². The first-order chi connectivity index (χ1) is 9.70. The maximum Gasteiger partial charge on any atom is 0.360 e. The molecule has 20 heavy (non-hydrogen) atoms. The molecule has 3 heterocycles. The number of carbonyl (C=O) groups excluding carboxylic acids is 1. The molecule has 0 unspecified atom stereocenters. The molecule has 100 valence electrons. The monoisotopic (exact) mass is 286 g/mol. The predicted molar refractivity (Wildman–Crippen MR) is 75.9 cm³/mol. The molecular weight excluding hydrogens is 276 g/mol. The smallest absolute Gasteiger partial charge is 0.360 e. The van der Waals surface area contributed by atoms with Gasteiger partial charge in [-0.2, -0.15) is 0 Å². The zero-order valence-electron chi connectivity index (χ0n) is 10.5. The molecule has 0 aliphatic carbocycles. The Balaban J connectivity index is 2.16. The Morgan fingerprint density at radius 2 is 2.20 bits per heavy atom. The lowest BCUT2D eigenvalue weighted by atomic mass is 10.2. The topological polar surface area (TPSA) is 72.3 Å². The van der Waals surface area contributed by atoms with Crippen molar-refractivity contribution >= 4 is 28.2 Å². The van der Waals surface area contributed by atoms with Gasteiger partial charge >= 0.3 is 5.97 Å². The first-order valence-electron chi connectivity index (χ1n) is 5.81. The van der Waals surface area contributed by atoms with Crippen molar-refractivity contribution in [1.82, 2.24) is 9.97 Å². The van der Waals surface area contributed by atoms with Gasteiger partial charge in [-0.05, 0) is 23.6 Å². The lowest BCUT2D eigenvalue weighted by Crippen LogP contribution is -2.04. The van der Waals surface area contributed by atoms with E-state index in [1.54, 1.807) is 23.5 Å². The molecule has 5 nitrogen and oxygen atoms in total. The van der Waals surface area contributed by atoms with Crippen molar-refractivity contribution in [2.45, 2.75) is 0 Å². The highest BCUT2D eigenvalue weighted by molar-refractivity contribution is 7.13. The zero-order valence-corrected chi connectivity index (χ0v) is 11.3. The van der Waals surface area contributed by atoms with Crippen LogP contribution in [0.25, 0.3) is 21.5 Å². The van der Waals surface area contributed by atoms with Gasteiger partial charge in [0.05, 0.1) is 29.4 Å². The Kier molecular flexibility index (Phi) is 3.08. The number of hydrogen-bond donors (Lipinski definition) is 1. The van der Waals surface area contributed by atoms with Gasteiger partial charge in [0, 0.05) is 5.39 Å². The van der Waals surface area contributed by atoms with Crippen molar-refractivity contribution in [3.05, 3.63) is 41.5 Å². The fourth-order valence-electron chi connectivity index (χ4n) is 1.90. The lowest BCUT2D eigenvalue weighted by molar-refractivity contribution is 0.0591. The van der Waals surface area contributed by atoms with E-state index in [-0.39, 0.29) is 11.4 Å². The third kappa shape index (κ3) is 2.00. The highest BCUT2D eigenvalue weighted by Crippen LogP contribution is 2.30. The summed E-state index contributed by atoms with van der Waals surface area (Å²) in [6.45, 7) is 0. The van der Waals surface area contributed by atoms with Crippen LogP contribution in [0.3, 0.4) is 0 Å². The van der Waals surface area contributed by atoms with Gasteiger partial charge in [-0.15, -0.1) is 11.3 Å². The first kappa shape index (κ1) is 12.6. The van der Waals surface area contributed by atoms with E-state index in [0.717, 1.165) is 10.6 Å². The minimum Gasteiger partial charge on any atom is -0.505 e. The number of pyridine rings is 2. The van der Waals surface area contributed by atoms with E-state index in [1.807, 2.05) is 17.5 Å². The molecule has 1 N–H and O–H groups in total. The van der Waals surface area contributed by atoms with Gasteiger partial charge in [-0.25, -0.2) is 14.8 Å². The van der Waals surface area contributed by atoms with Gasteiger partial charge < -0.3 is 9.84 Å². The number of fused-ring (bicyclic) bond motifs is 1. The van der Waals surface area contributed by atoms with Crippen LogP contribution in [-0.4, -0.2) is 28.2 Å². The average Bonchev–Trinajstić information content (AvgIpc) is 3.01. The summed E-state index contributed by atoms with van der Waals surface area (Å²) in [5.74, 6) is -0.883. The van der Waals surface area contributed by atoms with Crippen molar-refractivity contribution in [2.24, 2.45) is 0 Å². The molecule has 0 spiro atoms. The van der Waals surface area contributed by atoms with Gasteiger partial charge in [0.15, 0.2) is 11.4 Å². The molecule has 3 aromatic heterocycles. The summed E-state index contributed by atoms with van der Waals surface area (Å²) in [6, 6.07) is 7.44. The molecule has 0 saturated heterocycles. The summed E-state index contributed by atoms with van der Waals surface area (Å²) < 4.78 is 4.57. The predicted octanol–water partition coefficient (Wildman–Crippen LogP) is 2.85. The molecule has 0 radical (unpaired) electrons. The second kappa shape index (κ2) is 4.90. The molecule has 3 rings (SSSR count). The number of aromatic nitrogens is 2. The fourth-order valence-corrected chi connectivity index (χ4v) is 2.59. The number of rotatable bonds is 2. The van der Waals surface area contributed by atoms with Crippen molar-refractivity contribution in [3.63, 3.8) is 0 Å². The maximum atomic E-state index is 11.5. The minimum absolute atomic E-state index is 0.106. The van der Waals surface area contributed by atoms with Gasteiger partial charge in [-0.1, -0.05) is 6.07 Å². The van der Waals surface area contributed by atoms with E-state index in [0.29, 0.717) is 10.9 Å². The van der Waals surface area contributed by atoms with Crippen molar-refractivity contribution < 1.29 is 14.6 Å². The Hall–Kier alpha value is -2.47. The SMILES string of the molecule is COC(=O)c1ncc2nc(-c3cccs3)ccc2c1O. The van der Waals surface area contributed by atoms with Crippen LogP contribution in [0.4, 0.5) is 0 Å². The molecule has 3 aromatic rings. The summed E-state index contributed by atoms with van der Waals surface area (Å²) in [7, 11) is 1.24. The van der Waals surface area contributed by atoms with Gasteiger partial charge in [0.25, 0.3) is 0 Å². The minimum atomic E-state index is -0.674. The molecule has 0 fully saturated rings. The summed E-state index contributed by atoms with van der Waals surface area (Å²) in [4.78, 5) is 20.9. The third-order valence-corrected chi connectivity index (χ3v) is 3.76. The maximum absolute atomic E-state index is 11.5. The van der Waals surface area contributed by atoms with E-state index in [2.05, 4.69) is 14.7 Å². The number of nitrogens with zero attached hydrogens (tertiary/aromatic N) is 2. The van der Waals surface area contributed by atoms with Crippen LogP contribution in [0, 0.1) is 0 Å². The normalized spacial score (nSPS) is 10.7. The largest absolute Gasteiger partial charge is 0.505 e. The fraction of sp³-hybridized carbons (Fsp3) is 0.0714. The number of thiophene rings is 1. The Morgan fingerprint density at radius 3 is 2.90 bits per heavy atom. The van der Waals surface area contributed by atoms with Crippen molar-refractivity contribution in [3.8, 4) is 16.3 Å². The standard InChI is InChI=1S/C14H10N2O3S/c1-19-14(18)12-13(17)8-4-5-9(11-3-2-6-20-11)16-10(8)7-15-12/h2-7,17H,1H3. The molecule has 0 aliphatic rings. The van der Waals surface area contributed by atoms with Crippen molar-refractivity contribution in [1.29, 1.82) is 0 Å². The Morgan fingerprint density at radius 1 is 1.35 bits per heavy atom. The van der Waals surface area contributed by atoms with Gasteiger partial charge in [0.2, 0.25) is 0 Å². The summed E-state index contributed by atoms with van der Waals surface area (Å²) in [6.07, 6.45) is 1.46. The molecule has 0 saturated carbocycles. The van der Waals surface area contributed by atoms with E-state index in [9.17, 15) is 9.90 Å². The summed E-state index contributed by atoms with van der Waals surface area (Å²) in [5, 5.41) is 12.5. The molecule has 0 aliphatic heterocycles. The number of carbonyl (C=O) groups is 1. The van der Waals surface area contributed by atoms with E-state index in [4.69, 9.17) is 0 Å². The van der Waals surface area contributed by atoms with Gasteiger partial charge in [0.1, 0.15) is 0 Å². The highest BCUT2D eigenvalue weighted by atomic mass is 32.1. The zero-order chi connectivity index (χ0) is 14.1. The number of esters is 1. The number of hydrogen-bond acceptors (Lipinski definition) is 6. The molecule has 6 heteroatoms. The van der Waals surface area contributed by atoms with Crippen LogP contribution in [0.5, 0.6) is 5.75 Å².